The summed E-state index contributed by atoms with van der Waals surface area (Å²) in [5.41, 5.74) is 7.03. The zero-order valence-electron chi connectivity index (χ0n) is 20.9. The second-order valence-corrected chi connectivity index (χ2v) is 9.15. The molecule has 0 heterocycles. The van der Waals surface area contributed by atoms with Crippen molar-refractivity contribution in [1.82, 2.24) is 0 Å². The van der Waals surface area contributed by atoms with Gasteiger partial charge < -0.3 is 0 Å². The molecule has 0 rings (SSSR count). The van der Waals surface area contributed by atoms with Crippen LogP contribution in [0.4, 0.5) is 0 Å². The monoisotopic (exact) mass is 408 g/mol. The molecule has 0 aromatic heterocycles. The van der Waals surface area contributed by atoms with Gasteiger partial charge in [-0.05, 0) is 105 Å². The fourth-order valence-electron chi connectivity index (χ4n) is 3.25. The van der Waals surface area contributed by atoms with Crippen molar-refractivity contribution in [3.63, 3.8) is 0 Å². The fraction of sp³-hybridized carbons (Fsp3) is 0.533. The van der Waals surface area contributed by atoms with Crippen molar-refractivity contribution < 1.29 is 0 Å². The molecule has 0 N–H and O–H groups in total. The van der Waals surface area contributed by atoms with Crippen molar-refractivity contribution in [3.8, 4) is 0 Å². The maximum absolute atomic E-state index is 4.22. The van der Waals surface area contributed by atoms with Crippen LogP contribution in [0.15, 0.2) is 83.6 Å². The van der Waals surface area contributed by atoms with Crippen LogP contribution in [0.5, 0.6) is 0 Å². The normalized spacial score (nSPS) is 13.3. The molecule has 0 spiro atoms. The second kappa shape index (κ2) is 18.0. The summed E-state index contributed by atoms with van der Waals surface area (Å²) in [6, 6.07) is 0. The molecule has 0 fully saturated rings. The van der Waals surface area contributed by atoms with Crippen molar-refractivity contribution >= 4 is 0 Å². The highest BCUT2D eigenvalue weighted by Gasteiger charge is 2.01. The molecule has 0 nitrogen and oxygen atoms in total. The number of hydrogen-bond donors (Lipinski definition) is 0. The fourth-order valence-corrected chi connectivity index (χ4v) is 3.25. The predicted molar refractivity (Wildman–Crippen MR) is 140 cm³/mol. The summed E-state index contributed by atoms with van der Waals surface area (Å²) in [6.07, 6.45) is 26.2. The van der Waals surface area contributed by atoms with Gasteiger partial charge in [0.15, 0.2) is 0 Å². The van der Waals surface area contributed by atoms with Crippen LogP contribution in [-0.4, -0.2) is 0 Å². The first kappa shape index (κ1) is 28.2. The van der Waals surface area contributed by atoms with Gasteiger partial charge in [0, 0.05) is 0 Å². The number of allylic oxidation sites excluding steroid dienone is 12. The molecule has 0 aliphatic carbocycles. The number of hydrogen-bond acceptors (Lipinski definition) is 0. The van der Waals surface area contributed by atoms with Crippen LogP contribution < -0.4 is 0 Å². The third-order valence-electron chi connectivity index (χ3n) is 5.30. The van der Waals surface area contributed by atoms with Crippen molar-refractivity contribution in [1.29, 1.82) is 0 Å². The summed E-state index contributed by atoms with van der Waals surface area (Å²) in [6.45, 7) is 21.4. The highest BCUT2D eigenvalue weighted by molar-refractivity contribution is 5.16. The quantitative estimate of drug-likeness (QED) is 0.176. The first-order valence-electron chi connectivity index (χ1n) is 11.8. The van der Waals surface area contributed by atoms with Gasteiger partial charge in [-0.25, -0.2) is 0 Å². The standard InChI is InChI=1S/C30H48/c1-9-30(23-13-21-28(7)18-11-16-26(4)5)24-14-22-29(8)20-12-19-27(6)17-10-15-25(2)3/h9,14-16,19,21-22,30H,1,8,10-13,17-18,20,23-24H2,2-7H3/b22-14+,27-19+,28-21+. The van der Waals surface area contributed by atoms with Crippen LogP contribution in [0.2, 0.25) is 0 Å². The SMILES string of the molecule is C=CC(C/C=C/C(=C)CC/C=C(\C)CCC=C(C)C)CC/C=C(\C)CCC=C(C)C. The average molecular weight is 409 g/mol. The van der Waals surface area contributed by atoms with E-state index in [9.17, 15) is 0 Å². The molecule has 0 radical (unpaired) electrons. The smallest absolute Gasteiger partial charge is 0.0199 e. The molecule has 0 saturated heterocycles. The minimum Gasteiger partial charge on any atom is -0.103 e. The van der Waals surface area contributed by atoms with Crippen LogP contribution in [-0.2, 0) is 0 Å². The maximum atomic E-state index is 4.22. The molecule has 30 heavy (non-hydrogen) atoms. The van der Waals surface area contributed by atoms with Crippen LogP contribution in [0.1, 0.15) is 99.3 Å². The lowest BCUT2D eigenvalue weighted by molar-refractivity contribution is 0.606. The maximum Gasteiger partial charge on any atom is -0.0199 e. The molecule has 0 saturated carbocycles. The summed E-state index contributed by atoms with van der Waals surface area (Å²) < 4.78 is 0. The third-order valence-corrected chi connectivity index (χ3v) is 5.30. The summed E-state index contributed by atoms with van der Waals surface area (Å²) in [5.74, 6) is 0.549. The molecule has 0 aromatic carbocycles. The molecule has 0 aromatic rings. The first-order chi connectivity index (χ1) is 14.2. The Labute approximate surface area is 188 Å². The minimum absolute atomic E-state index is 0.549. The highest BCUT2D eigenvalue weighted by atomic mass is 14.1. The van der Waals surface area contributed by atoms with Gasteiger partial charge in [0.25, 0.3) is 0 Å². The molecule has 0 aliphatic heterocycles. The lowest BCUT2D eigenvalue weighted by Gasteiger charge is -2.09. The van der Waals surface area contributed by atoms with E-state index < -0.39 is 0 Å². The van der Waals surface area contributed by atoms with Gasteiger partial charge in [-0.2, -0.15) is 0 Å². The van der Waals surface area contributed by atoms with Crippen molar-refractivity contribution in [2.24, 2.45) is 5.92 Å². The lowest BCUT2D eigenvalue weighted by atomic mass is 9.97. The Morgan fingerprint density at radius 2 is 1.20 bits per heavy atom. The molecule has 0 aliphatic rings. The molecule has 0 heteroatoms. The molecule has 1 unspecified atom stereocenters. The van der Waals surface area contributed by atoms with Crippen LogP contribution in [0.3, 0.4) is 0 Å². The van der Waals surface area contributed by atoms with Crippen molar-refractivity contribution in [2.75, 3.05) is 0 Å². The summed E-state index contributed by atoms with van der Waals surface area (Å²) >= 11 is 0. The summed E-state index contributed by atoms with van der Waals surface area (Å²) in [7, 11) is 0. The van der Waals surface area contributed by atoms with Crippen LogP contribution in [0.25, 0.3) is 0 Å². The lowest BCUT2D eigenvalue weighted by Crippen LogP contribution is -1.94. The Hall–Kier alpha value is -1.82. The Morgan fingerprint density at radius 1 is 0.700 bits per heavy atom. The summed E-state index contributed by atoms with van der Waals surface area (Å²) in [5, 5.41) is 0. The van der Waals surface area contributed by atoms with E-state index in [0.29, 0.717) is 5.92 Å². The van der Waals surface area contributed by atoms with E-state index >= 15 is 0 Å². The molecule has 0 bridgehead atoms. The molecular weight excluding hydrogens is 360 g/mol. The van der Waals surface area contributed by atoms with Crippen LogP contribution >= 0.6 is 0 Å². The van der Waals surface area contributed by atoms with Gasteiger partial charge in [-0.15, -0.1) is 6.58 Å². The molecule has 0 amide bonds. The molecule has 168 valence electrons. The average Bonchev–Trinajstić information content (AvgIpc) is 2.66. The van der Waals surface area contributed by atoms with E-state index in [2.05, 4.69) is 97.2 Å². The molecule has 1 atom stereocenters. The van der Waals surface area contributed by atoms with Gasteiger partial charge in [0.1, 0.15) is 0 Å². The van der Waals surface area contributed by atoms with Gasteiger partial charge >= 0.3 is 0 Å². The topological polar surface area (TPSA) is 0 Å². The van der Waals surface area contributed by atoms with Gasteiger partial charge in [0.05, 0.1) is 0 Å². The zero-order valence-corrected chi connectivity index (χ0v) is 20.9. The van der Waals surface area contributed by atoms with E-state index in [1.165, 1.54) is 40.7 Å². The Balaban J connectivity index is 4.16. The second-order valence-electron chi connectivity index (χ2n) is 9.15. The Bertz CT molecular complexity index is 638. The first-order valence-corrected chi connectivity index (χ1v) is 11.8. The molecular formula is C30H48. The van der Waals surface area contributed by atoms with Gasteiger partial charge in [0.2, 0.25) is 0 Å². The van der Waals surface area contributed by atoms with E-state index in [4.69, 9.17) is 0 Å². The zero-order chi connectivity index (χ0) is 22.8. The van der Waals surface area contributed by atoms with Crippen molar-refractivity contribution in [3.05, 3.63) is 83.6 Å². The van der Waals surface area contributed by atoms with E-state index in [-0.39, 0.29) is 0 Å². The Kier molecular flexibility index (Phi) is 16.9. The van der Waals surface area contributed by atoms with Gasteiger partial charge in [-0.1, -0.05) is 77.0 Å². The number of rotatable bonds is 16. The van der Waals surface area contributed by atoms with E-state index in [1.807, 2.05) is 0 Å². The summed E-state index contributed by atoms with van der Waals surface area (Å²) in [4.78, 5) is 0. The predicted octanol–water partition coefficient (Wildman–Crippen LogP) is 10.2. The van der Waals surface area contributed by atoms with Gasteiger partial charge in [-0.3, -0.25) is 0 Å². The van der Waals surface area contributed by atoms with Crippen molar-refractivity contribution in [2.45, 2.75) is 99.3 Å². The third kappa shape index (κ3) is 18.2. The largest absolute Gasteiger partial charge is 0.103 e. The van der Waals surface area contributed by atoms with E-state index in [1.54, 1.807) is 0 Å². The van der Waals surface area contributed by atoms with E-state index in [0.717, 1.165) is 44.9 Å². The van der Waals surface area contributed by atoms with Crippen LogP contribution in [0, 0.1) is 5.92 Å². The highest BCUT2D eigenvalue weighted by Crippen LogP contribution is 2.17. The Morgan fingerprint density at radius 3 is 1.70 bits per heavy atom. The minimum atomic E-state index is 0.549.